The molecule has 0 spiro atoms. The van der Waals surface area contributed by atoms with Crippen molar-refractivity contribution in [2.75, 3.05) is 20.3 Å². The van der Waals surface area contributed by atoms with Gasteiger partial charge in [-0.3, -0.25) is 0 Å². The van der Waals surface area contributed by atoms with Crippen molar-refractivity contribution < 1.29 is 14.3 Å². The Bertz CT molecular complexity index is 470. The van der Waals surface area contributed by atoms with E-state index in [1.807, 2.05) is 6.07 Å². The van der Waals surface area contributed by atoms with Crippen LogP contribution in [-0.4, -0.2) is 26.2 Å². The summed E-state index contributed by atoms with van der Waals surface area (Å²) >= 11 is 0. The van der Waals surface area contributed by atoms with Crippen LogP contribution in [0.5, 0.6) is 5.75 Å². The first-order valence-corrected chi connectivity index (χ1v) is 6.60. The van der Waals surface area contributed by atoms with Crippen molar-refractivity contribution in [2.24, 2.45) is 5.11 Å². The minimum absolute atomic E-state index is 0.367. The lowest BCUT2D eigenvalue weighted by molar-refractivity contribution is 0.0600. The molecule has 0 aliphatic rings. The summed E-state index contributed by atoms with van der Waals surface area (Å²) in [6.07, 6.45) is 3.88. The monoisotopic (exact) mass is 277 g/mol. The number of ether oxygens (including phenoxy) is 2. The molecule has 20 heavy (non-hydrogen) atoms. The molecule has 108 valence electrons. The number of nitrogens with zero attached hydrogens (tertiary/aromatic N) is 3. The molecule has 0 aliphatic heterocycles. The molecule has 0 saturated heterocycles. The van der Waals surface area contributed by atoms with E-state index in [0.717, 1.165) is 25.7 Å². The Morgan fingerprint density at radius 2 is 2.10 bits per heavy atom. The van der Waals surface area contributed by atoms with Crippen LogP contribution in [0.15, 0.2) is 29.4 Å². The van der Waals surface area contributed by atoms with Gasteiger partial charge in [0.2, 0.25) is 0 Å². The second-order valence-electron chi connectivity index (χ2n) is 4.24. The van der Waals surface area contributed by atoms with E-state index in [2.05, 4.69) is 14.8 Å². The molecule has 0 fully saturated rings. The molecule has 0 bridgehead atoms. The summed E-state index contributed by atoms with van der Waals surface area (Å²) in [4.78, 5) is 14.1. The Labute approximate surface area is 118 Å². The fourth-order valence-corrected chi connectivity index (χ4v) is 1.70. The van der Waals surface area contributed by atoms with Crippen LogP contribution in [0.1, 0.15) is 36.0 Å². The van der Waals surface area contributed by atoms with Crippen molar-refractivity contribution in [3.05, 3.63) is 40.3 Å². The van der Waals surface area contributed by atoms with Gasteiger partial charge in [0.25, 0.3) is 0 Å². The maximum Gasteiger partial charge on any atom is 0.337 e. The molecule has 0 amide bonds. The zero-order valence-corrected chi connectivity index (χ0v) is 11.6. The van der Waals surface area contributed by atoms with E-state index in [-0.39, 0.29) is 5.97 Å². The average molecular weight is 277 g/mol. The molecule has 0 radical (unpaired) electrons. The van der Waals surface area contributed by atoms with Crippen LogP contribution in [0, 0.1) is 0 Å². The number of carbonyl (C=O) groups is 1. The normalized spacial score (nSPS) is 9.65. The van der Waals surface area contributed by atoms with Crippen LogP contribution in [0.3, 0.4) is 0 Å². The van der Waals surface area contributed by atoms with Crippen LogP contribution in [-0.2, 0) is 4.74 Å². The van der Waals surface area contributed by atoms with E-state index < -0.39 is 0 Å². The Morgan fingerprint density at radius 1 is 1.30 bits per heavy atom. The first-order chi connectivity index (χ1) is 9.77. The Balaban J connectivity index is 2.22. The van der Waals surface area contributed by atoms with Gasteiger partial charge in [0.1, 0.15) is 5.75 Å². The summed E-state index contributed by atoms with van der Waals surface area (Å²) in [5.74, 6) is 0.301. The van der Waals surface area contributed by atoms with Crippen LogP contribution < -0.4 is 4.74 Å². The fraction of sp³-hybridized carbons (Fsp3) is 0.500. The van der Waals surface area contributed by atoms with Gasteiger partial charge in [-0.05, 0) is 36.6 Å². The highest BCUT2D eigenvalue weighted by Gasteiger charge is 2.05. The lowest BCUT2D eigenvalue weighted by Crippen LogP contribution is -2.02. The molecule has 1 aromatic rings. The zero-order valence-electron chi connectivity index (χ0n) is 11.6. The first kappa shape index (κ1) is 15.9. The summed E-state index contributed by atoms with van der Waals surface area (Å²) < 4.78 is 10.2. The average Bonchev–Trinajstić information content (AvgIpc) is 2.49. The smallest absolute Gasteiger partial charge is 0.337 e. The van der Waals surface area contributed by atoms with E-state index in [0.29, 0.717) is 24.5 Å². The summed E-state index contributed by atoms with van der Waals surface area (Å²) in [5.41, 5.74) is 8.60. The topological polar surface area (TPSA) is 84.3 Å². The van der Waals surface area contributed by atoms with E-state index in [1.54, 1.807) is 18.2 Å². The summed E-state index contributed by atoms with van der Waals surface area (Å²) in [7, 11) is 1.35. The van der Waals surface area contributed by atoms with Crippen molar-refractivity contribution >= 4 is 5.97 Å². The molecular weight excluding hydrogens is 258 g/mol. The quantitative estimate of drug-likeness (QED) is 0.227. The second-order valence-corrected chi connectivity index (χ2v) is 4.24. The van der Waals surface area contributed by atoms with Crippen LogP contribution >= 0.6 is 0 Å². The highest BCUT2D eigenvalue weighted by Crippen LogP contribution is 2.14. The number of benzene rings is 1. The summed E-state index contributed by atoms with van der Waals surface area (Å²) in [5, 5.41) is 3.48. The summed E-state index contributed by atoms with van der Waals surface area (Å²) in [6.45, 7) is 1.16. The highest BCUT2D eigenvalue weighted by atomic mass is 16.5. The second kappa shape index (κ2) is 9.69. The molecule has 1 aromatic carbocycles. The highest BCUT2D eigenvalue weighted by molar-refractivity contribution is 5.89. The third-order valence-electron chi connectivity index (χ3n) is 2.74. The van der Waals surface area contributed by atoms with Gasteiger partial charge in [0.05, 0.1) is 19.3 Å². The number of hydrogen-bond acceptors (Lipinski definition) is 4. The SMILES string of the molecule is COC(=O)c1cccc(OCCCCCCN=[N+]=[N-])c1. The molecule has 0 atom stereocenters. The number of methoxy groups -OCH3 is 1. The number of rotatable bonds is 9. The number of unbranched alkanes of at least 4 members (excludes halogenated alkanes) is 3. The molecule has 0 aliphatic carbocycles. The summed E-state index contributed by atoms with van der Waals surface area (Å²) in [6, 6.07) is 6.94. The van der Waals surface area contributed by atoms with Crippen molar-refractivity contribution in [1.29, 1.82) is 0 Å². The Kier molecular flexibility index (Phi) is 7.69. The molecule has 0 saturated carbocycles. The minimum Gasteiger partial charge on any atom is -0.494 e. The van der Waals surface area contributed by atoms with Crippen LogP contribution in [0.25, 0.3) is 10.4 Å². The van der Waals surface area contributed by atoms with E-state index >= 15 is 0 Å². The molecule has 1 rings (SSSR count). The fourth-order valence-electron chi connectivity index (χ4n) is 1.70. The Morgan fingerprint density at radius 3 is 2.85 bits per heavy atom. The minimum atomic E-state index is -0.367. The number of carbonyl (C=O) groups excluding carboxylic acids is 1. The third kappa shape index (κ3) is 6.11. The standard InChI is InChI=1S/C14H19N3O3/c1-19-14(18)12-7-6-8-13(11-12)20-10-5-3-2-4-9-16-17-15/h6-8,11H,2-5,9-10H2,1H3. The van der Waals surface area contributed by atoms with Crippen LogP contribution in [0.4, 0.5) is 0 Å². The lowest BCUT2D eigenvalue weighted by Gasteiger charge is -2.07. The van der Waals surface area contributed by atoms with Gasteiger partial charge in [0.15, 0.2) is 0 Å². The molecule has 6 heteroatoms. The molecule has 0 aromatic heterocycles. The van der Waals surface area contributed by atoms with Crippen molar-refractivity contribution in [3.8, 4) is 5.75 Å². The third-order valence-corrected chi connectivity index (χ3v) is 2.74. The Hall–Kier alpha value is -2.20. The number of esters is 1. The van der Waals surface area contributed by atoms with Gasteiger partial charge < -0.3 is 9.47 Å². The van der Waals surface area contributed by atoms with Crippen molar-refractivity contribution in [1.82, 2.24) is 0 Å². The maximum atomic E-state index is 11.4. The molecule has 0 heterocycles. The predicted octanol–water partition coefficient (Wildman–Crippen LogP) is 3.72. The number of hydrogen-bond donors (Lipinski definition) is 0. The predicted molar refractivity (Wildman–Crippen MR) is 75.8 cm³/mol. The van der Waals surface area contributed by atoms with Gasteiger partial charge in [-0.2, -0.15) is 0 Å². The lowest BCUT2D eigenvalue weighted by atomic mass is 10.2. The molecule has 6 nitrogen and oxygen atoms in total. The largest absolute Gasteiger partial charge is 0.494 e. The van der Waals surface area contributed by atoms with Gasteiger partial charge in [-0.25, -0.2) is 4.79 Å². The van der Waals surface area contributed by atoms with Crippen LogP contribution in [0.2, 0.25) is 0 Å². The molecule has 0 unspecified atom stereocenters. The van der Waals surface area contributed by atoms with E-state index in [1.165, 1.54) is 7.11 Å². The van der Waals surface area contributed by atoms with E-state index in [9.17, 15) is 4.79 Å². The van der Waals surface area contributed by atoms with Crippen molar-refractivity contribution in [2.45, 2.75) is 25.7 Å². The first-order valence-electron chi connectivity index (χ1n) is 6.60. The molecule has 0 N–H and O–H groups in total. The maximum absolute atomic E-state index is 11.4. The van der Waals surface area contributed by atoms with Gasteiger partial charge in [-0.1, -0.05) is 24.0 Å². The van der Waals surface area contributed by atoms with E-state index in [4.69, 9.17) is 10.3 Å². The molecular formula is C14H19N3O3. The van der Waals surface area contributed by atoms with Gasteiger partial charge in [0, 0.05) is 11.5 Å². The number of azide groups is 1. The van der Waals surface area contributed by atoms with Crippen molar-refractivity contribution in [3.63, 3.8) is 0 Å². The van der Waals surface area contributed by atoms with Gasteiger partial charge >= 0.3 is 5.97 Å². The zero-order chi connectivity index (χ0) is 14.6. The van der Waals surface area contributed by atoms with Gasteiger partial charge in [-0.15, -0.1) is 0 Å².